The van der Waals surface area contributed by atoms with Crippen molar-refractivity contribution in [2.75, 3.05) is 29.1 Å². The SMILES string of the molecule is Cc1ccc2nc(N3CCS(=O)(=O)c4ccccc4C3)nc(NCC3(NC=O)CCC3)c2c1. The van der Waals surface area contributed by atoms with Gasteiger partial charge in [0.25, 0.3) is 0 Å². The van der Waals surface area contributed by atoms with Crippen LogP contribution in [0.25, 0.3) is 10.9 Å². The Labute approximate surface area is 193 Å². The van der Waals surface area contributed by atoms with Crippen molar-refractivity contribution < 1.29 is 13.2 Å². The Hall–Kier alpha value is -3.20. The van der Waals surface area contributed by atoms with Gasteiger partial charge < -0.3 is 15.5 Å². The number of carbonyl (C=O) groups excluding carboxylic acids is 1. The molecule has 2 aromatic carbocycles. The zero-order valence-electron chi connectivity index (χ0n) is 18.5. The molecule has 0 bridgehead atoms. The molecular formula is C24H27N5O3S. The van der Waals surface area contributed by atoms with Crippen LogP contribution in [-0.4, -0.2) is 49.2 Å². The summed E-state index contributed by atoms with van der Waals surface area (Å²) in [4.78, 5) is 23.0. The molecule has 1 saturated carbocycles. The lowest BCUT2D eigenvalue weighted by atomic mass is 9.77. The first-order valence-corrected chi connectivity index (χ1v) is 12.8. The third-order valence-corrected chi connectivity index (χ3v) is 8.48. The number of hydrogen-bond donors (Lipinski definition) is 2. The first kappa shape index (κ1) is 21.6. The second-order valence-corrected chi connectivity index (χ2v) is 11.1. The topological polar surface area (TPSA) is 104 Å². The van der Waals surface area contributed by atoms with Gasteiger partial charge in [0.15, 0.2) is 9.84 Å². The highest BCUT2D eigenvalue weighted by molar-refractivity contribution is 7.91. The van der Waals surface area contributed by atoms with Crippen molar-refractivity contribution in [1.29, 1.82) is 0 Å². The number of rotatable bonds is 6. The number of sulfone groups is 1. The van der Waals surface area contributed by atoms with Crippen LogP contribution in [0.15, 0.2) is 47.4 Å². The molecule has 0 spiro atoms. The minimum absolute atomic E-state index is 0.00837. The van der Waals surface area contributed by atoms with Gasteiger partial charge in [0.2, 0.25) is 12.4 Å². The molecular weight excluding hydrogens is 438 g/mol. The molecule has 2 N–H and O–H groups in total. The van der Waals surface area contributed by atoms with Gasteiger partial charge in [-0.15, -0.1) is 0 Å². The third kappa shape index (κ3) is 4.13. The van der Waals surface area contributed by atoms with Gasteiger partial charge in [-0.3, -0.25) is 4.79 Å². The monoisotopic (exact) mass is 465 g/mol. The summed E-state index contributed by atoms with van der Waals surface area (Å²) < 4.78 is 25.6. The molecule has 33 heavy (non-hydrogen) atoms. The lowest BCUT2D eigenvalue weighted by Gasteiger charge is -2.41. The summed E-state index contributed by atoms with van der Waals surface area (Å²) in [5.41, 5.74) is 2.39. The summed E-state index contributed by atoms with van der Waals surface area (Å²) in [6, 6.07) is 13.1. The number of nitrogens with zero attached hydrogens (tertiary/aromatic N) is 3. The first-order chi connectivity index (χ1) is 15.9. The molecule has 0 saturated heterocycles. The van der Waals surface area contributed by atoms with E-state index in [1.807, 2.05) is 42.2 Å². The van der Waals surface area contributed by atoms with E-state index >= 15 is 0 Å². The van der Waals surface area contributed by atoms with Crippen molar-refractivity contribution >= 4 is 38.9 Å². The smallest absolute Gasteiger partial charge is 0.228 e. The van der Waals surface area contributed by atoms with Gasteiger partial charge in [0.05, 0.1) is 21.7 Å². The molecule has 3 aromatic rings. The summed E-state index contributed by atoms with van der Waals surface area (Å²) in [7, 11) is -3.36. The molecule has 8 nitrogen and oxygen atoms in total. The number of nitrogens with one attached hydrogen (secondary N) is 2. The minimum atomic E-state index is -3.36. The van der Waals surface area contributed by atoms with Gasteiger partial charge in [-0.25, -0.2) is 13.4 Å². The summed E-state index contributed by atoms with van der Waals surface area (Å²) in [6.45, 7) is 3.32. The van der Waals surface area contributed by atoms with Crippen LogP contribution in [0, 0.1) is 6.92 Å². The maximum Gasteiger partial charge on any atom is 0.228 e. The lowest BCUT2D eigenvalue weighted by molar-refractivity contribution is -0.112. The fraction of sp³-hybridized carbons (Fsp3) is 0.375. The van der Waals surface area contributed by atoms with E-state index in [0.29, 0.717) is 36.3 Å². The highest BCUT2D eigenvalue weighted by Gasteiger charge is 2.36. The van der Waals surface area contributed by atoms with Crippen LogP contribution in [0.3, 0.4) is 0 Å². The molecule has 1 fully saturated rings. The van der Waals surface area contributed by atoms with Gasteiger partial charge in [0, 0.05) is 25.0 Å². The van der Waals surface area contributed by atoms with Crippen LogP contribution in [0.1, 0.15) is 30.4 Å². The van der Waals surface area contributed by atoms with E-state index in [1.54, 1.807) is 12.1 Å². The fourth-order valence-electron chi connectivity index (χ4n) is 4.59. The number of aromatic nitrogens is 2. The van der Waals surface area contributed by atoms with Gasteiger partial charge in [-0.2, -0.15) is 4.98 Å². The molecule has 0 radical (unpaired) electrons. The Morgan fingerprint density at radius 1 is 1.15 bits per heavy atom. The molecule has 1 aliphatic heterocycles. The van der Waals surface area contributed by atoms with Gasteiger partial charge in [0.1, 0.15) is 5.82 Å². The van der Waals surface area contributed by atoms with Crippen molar-refractivity contribution in [2.45, 2.75) is 43.2 Å². The largest absolute Gasteiger partial charge is 0.367 e. The lowest BCUT2D eigenvalue weighted by Crippen LogP contribution is -2.55. The Kier molecular flexibility index (Phi) is 5.44. The number of carbonyl (C=O) groups is 1. The quantitative estimate of drug-likeness (QED) is 0.540. The molecule has 5 rings (SSSR count). The molecule has 0 unspecified atom stereocenters. The Bertz CT molecular complexity index is 1320. The van der Waals surface area contributed by atoms with E-state index in [2.05, 4.69) is 10.6 Å². The van der Waals surface area contributed by atoms with Crippen molar-refractivity contribution in [2.24, 2.45) is 0 Å². The molecule has 9 heteroatoms. The molecule has 1 aromatic heterocycles. The number of benzene rings is 2. The highest BCUT2D eigenvalue weighted by Crippen LogP contribution is 2.33. The van der Waals surface area contributed by atoms with Crippen LogP contribution in [0.5, 0.6) is 0 Å². The predicted octanol–water partition coefficient (Wildman–Crippen LogP) is 2.81. The predicted molar refractivity (Wildman–Crippen MR) is 128 cm³/mol. The molecule has 2 heterocycles. The third-order valence-electron chi connectivity index (χ3n) is 6.69. The summed E-state index contributed by atoms with van der Waals surface area (Å²) in [6.07, 6.45) is 3.70. The normalized spacial score (nSPS) is 18.6. The number of anilines is 2. The van der Waals surface area contributed by atoms with Crippen LogP contribution in [0.4, 0.5) is 11.8 Å². The van der Waals surface area contributed by atoms with Crippen LogP contribution in [-0.2, 0) is 21.2 Å². The van der Waals surface area contributed by atoms with Crippen molar-refractivity contribution in [1.82, 2.24) is 15.3 Å². The van der Waals surface area contributed by atoms with E-state index in [9.17, 15) is 13.2 Å². The van der Waals surface area contributed by atoms with E-state index < -0.39 is 9.84 Å². The van der Waals surface area contributed by atoms with Crippen LogP contribution < -0.4 is 15.5 Å². The van der Waals surface area contributed by atoms with Gasteiger partial charge >= 0.3 is 0 Å². The van der Waals surface area contributed by atoms with E-state index in [1.165, 1.54) is 0 Å². The first-order valence-electron chi connectivity index (χ1n) is 11.2. The Morgan fingerprint density at radius 2 is 1.97 bits per heavy atom. The number of amides is 1. The van der Waals surface area contributed by atoms with E-state index in [-0.39, 0.29) is 11.3 Å². The maximum absolute atomic E-state index is 12.8. The standard InChI is InChI=1S/C24H27N5O3S/c1-17-7-8-20-19(13-17)22(25-15-24(26-16-30)9-4-10-24)28-23(27-20)29-11-12-33(31,32)21-6-3-2-5-18(21)14-29/h2-3,5-8,13,16H,4,9-12,14-15H2,1H3,(H,26,30)(H,25,27,28). The highest BCUT2D eigenvalue weighted by atomic mass is 32.2. The molecule has 0 atom stereocenters. The zero-order valence-corrected chi connectivity index (χ0v) is 19.4. The number of aryl methyl sites for hydroxylation is 1. The maximum atomic E-state index is 12.8. The number of hydrogen-bond acceptors (Lipinski definition) is 7. The average Bonchev–Trinajstić information content (AvgIpc) is 2.91. The zero-order chi connectivity index (χ0) is 23.1. The molecule has 1 amide bonds. The van der Waals surface area contributed by atoms with Gasteiger partial charge in [-0.05, 0) is 49.9 Å². The second kappa shape index (κ2) is 8.30. The van der Waals surface area contributed by atoms with Gasteiger partial charge in [-0.1, -0.05) is 29.8 Å². The minimum Gasteiger partial charge on any atom is -0.367 e. The summed E-state index contributed by atoms with van der Waals surface area (Å²) in [5.74, 6) is 1.19. The Morgan fingerprint density at radius 3 is 2.73 bits per heavy atom. The summed E-state index contributed by atoms with van der Waals surface area (Å²) in [5, 5.41) is 7.33. The van der Waals surface area contributed by atoms with Crippen LogP contribution >= 0.6 is 0 Å². The van der Waals surface area contributed by atoms with Crippen molar-refractivity contribution in [3.05, 3.63) is 53.6 Å². The summed E-state index contributed by atoms with van der Waals surface area (Å²) >= 11 is 0. The molecule has 172 valence electrons. The van der Waals surface area contributed by atoms with E-state index in [4.69, 9.17) is 9.97 Å². The Balaban J connectivity index is 1.53. The molecule has 2 aliphatic rings. The fourth-order valence-corrected chi connectivity index (χ4v) is 6.09. The van der Waals surface area contributed by atoms with Crippen LogP contribution in [0.2, 0.25) is 0 Å². The number of fused-ring (bicyclic) bond motifs is 2. The molecule has 1 aliphatic carbocycles. The van der Waals surface area contributed by atoms with Crippen molar-refractivity contribution in [3.63, 3.8) is 0 Å². The second-order valence-electron chi connectivity index (χ2n) is 8.99. The van der Waals surface area contributed by atoms with Crippen molar-refractivity contribution in [3.8, 4) is 0 Å². The van der Waals surface area contributed by atoms with E-state index in [0.717, 1.165) is 47.7 Å². The average molecular weight is 466 g/mol.